The van der Waals surface area contributed by atoms with Crippen LogP contribution in [-0.4, -0.2) is 46.7 Å². The van der Waals surface area contributed by atoms with E-state index in [1.165, 1.54) is 12.8 Å². The maximum atomic E-state index is 11.8. The predicted octanol–water partition coefficient (Wildman–Crippen LogP) is 1.41. The number of aliphatic carboxylic acids is 1. The highest BCUT2D eigenvalue weighted by atomic mass is 16.5. The first kappa shape index (κ1) is 12.9. The molecule has 0 aromatic heterocycles. The molecule has 2 saturated heterocycles. The van der Waals surface area contributed by atoms with Crippen molar-refractivity contribution in [2.45, 2.75) is 56.7 Å². The van der Waals surface area contributed by atoms with Crippen LogP contribution in [0.1, 0.15) is 44.9 Å². The van der Waals surface area contributed by atoms with Crippen molar-refractivity contribution in [2.75, 3.05) is 13.1 Å². The summed E-state index contributed by atoms with van der Waals surface area (Å²) in [7, 11) is 0. The molecule has 0 radical (unpaired) electrons. The second-order valence-electron chi connectivity index (χ2n) is 6.21. The molecule has 3 fully saturated rings. The van der Waals surface area contributed by atoms with Crippen LogP contribution in [0.2, 0.25) is 0 Å². The summed E-state index contributed by atoms with van der Waals surface area (Å²) in [6.45, 7) is 0.922. The third-order valence-electron chi connectivity index (χ3n) is 4.84. The Labute approximate surface area is 112 Å². The molecule has 1 spiro atoms. The molecule has 19 heavy (non-hydrogen) atoms. The predicted molar refractivity (Wildman–Crippen MR) is 67.6 cm³/mol. The summed E-state index contributed by atoms with van der Waals surface area (Å²) in [4.78, 5) is 24.4. The molecule has 1 aliphatic carbocycles. The molecule has 5 heteroatoms. The van der Waals surface area contributed by atoms with Gasteiger partial charge in [0.25, 0.3) is 0 Å². The molecule has 5 nitrogen and oxygen atoms in total. The highest BCUT2D eigenvalue weighted by Crippen LogP contribution is 2.43. The number of carboxylic acid groups (broad SMARTS) is 1. The lowest BCUT2D eigenvalue weighted by Gasteiger charge is -2.26. The quantitative estimate of drug-likeness (QED) is 0.839. The van der Waals surface area contributed by atoms with Crippen LogP contribution in [0.4, 0.5) is 0 Å². The summed E-state index contributed by atoms with van der Waals surface area (Å²) in [6, 6.07) is 0. The van der Waals surface area contributed by atoms with Gasteiger partial charge in [-0.2, -0.15) is 0 Å². The zero-order chi connectivity index (χ0) is 13.5. The van der Waals surface area contributed by atoms with Crippen LogP contribution >= 0.6 is 0 Å². The van der Waals surface area contributed by atoms with E-state index in [0.717, 1.165) is 25.7 Å². The molecule has 0 aromatic rings. The molecule has 0 bridgehead atoms. The van der Waals surface area contributed by atoms with Gasteiger partial charge < -0.3 is 14.7 Å². The topological polar surface area (TPSA) is 66.8 Å². The van der Waals surface area contributed by atoms with Crippen molar-refractivity contribution in [1.82, 2.24) is 4.90 Å². The monoisotopic (exact) mass is 267 g/mol. The summed E-state index contributed by atoms with van der Waals surface area (Å²) in [5, 5.41) is 8.97. The third kappa shape index (κ3) is 2.48. The largest absolute Gasteiger partial charge is 0.481 e. The Kier molecular flexibility index (Phi) is 3.25. The maximum absolute atomic E-state index is 11.8. The van der Waals surface area contributed by atoms with Crippen molar-refractivity contribution >= 4 is 11.9 Å². The van der Waals surface area contributed by atoms with Crippen molar-refractivity contribution in [2.24, 2.45) is 5.92 Å². The number of hydrogen-bond donors (Lipinski definition) is 1. The van der Waals surface area contributed by atoms with Crippen molar-refractivity contribution in [3.8, 4) is 0 Å². The van der Waals surface area contributed by atoms with Gasteiger partial charge in [-0.3, -0.25) is 9.59 Å². The van der Waals surface area contributed by atoms with E-state index in [2.05, 4.69) is 0 Å². The number of carbonyl (C=O) groups is 2. The summed E-state index contributed by atoms with van der Waals surface area (Å²) >= 11 is 0. The van der Waals surface area contributed by atoms with Gasteiger partial charge in [-0.25, -0.2) is 0 Å². The first-order chi connectivity index (χ1) is 9.08. The first-order valence-corrected chi connectivity index (χ1v) is 7.26. The van der Waals surface area contributed by atoms with Gasteiger partial charge in [-0.15, -0.1) is 0 Å². The zero-order valence-corrected chi connectivity index (χ0v) is 11.1. The minimum Gasteiger partial charge on any atom is -0.481 e. The van der Waals surface area contributed by atoms with Crippen LogP contribution in [0.15, 0.2) is 0 Å². The highest BCUT2D eigenvalue weighted by Gasteiger charge is 2.44. The van der Waals surface area contributed by atoms with E-state index >= 15 is 0 Å². The molecule has 2 aliphatic heterocycles. The standard InChI is InChI=1S/C14H21NO4/c16-12-7-10(13(17)18)8-15(12)9-11-3-6-14(19-11)4-1-2-5-14/h10-11H,1-9H2,(H,17,18). The van der Waals surface area contributed by atoms with E-state index in [-0.39, 0.29) is 24.0 Å². The Balaban J connectivity index is 1.55. The van der Waals surface area contributed by atoms with Gasteiger partial charge in [0.05, 0.1) is 17.6 Å². The molecule has 3 rings (SSSR count). The van der Waals surface area contributed by atoms with Crippen LogP contribution in [-0.2, 0) is 14.3 Å². The lowest BCUT2D eigenvalue weighted by atomic mass is 9.98. The number of amides is 1. The Morgan fingerprint density at radius 2 is 2.11 bits per heavy atom. The smallest absolute Gasteiger partial charge is 0.308 e. The highest BCUT2D eigenvalue weighted by molar-refractivity contribution is 5.86. The number of nitrogens with zero attached hydrogens (tertiary/aromatic N) is 1. The minimum absolute atomic E-state index is 0.0385. The molecule has 1 N–H and O–H groups in total. The van der Waals surface area contributed by atoms with Crippen LogP contribution in [0.25, 0.3) is 0 Å². The van der Waals surface area contributed by atoms with Crippen molar-refractivity contribution < 1.29 is 19.4 Å². The van der Waals surface area contributed by atoms with Crippen LogP contribution in [0, 0.1) is 5.92 Å². The Morgan fingerprint density at radius 3 is 2.74 bits per heavy atom. The van der Waals surface area contributed by atoms with Crippen molar-refractivity contribution in [3.63, 3.8) is 0 Å². The van der Waals surface area contributed by atoms with Gasteiger partial charge in [0.15, 0.2) is 0 Å². The first-order valence-electron chi connectivity index (χ1n) is 7.26. The number of ether oxygens (including phenoxy) is 1. The number of rotatable bonds is 3. The lowest BCUT2D eigenvalue weighted by molar-refractivity contribution is -0.141. The van der Waals surface area contributed by atoms with Gasteiger partial charge in [0.2, 0.25) is 5.91 Å². The molecule has 1 saturated carbocycles. The molecular formula is C14H21NO4. The number of hydrogen-bond acceptors (Lipinski definition) is 3. The van der Waals surface area contributed by atoms with E-state index in [1.54, 1.807) is 4.90 Å². The maximum Gasteiger partial charge on any atom is 0.308 e. The van der Waals surface area contributed by atoms with Crippen LogP contribution in [0.3, 0.4) is 0 Å². The SMILES string of the molecule is O=C(O)C1CC(=O)N(CC2CCC3(CCCC3)O2)C1. The zero-order valence-electron chi connectivity index (χ0n) is 11.1. The molecule has 106 valence electrons. The fourth-order valence-corrected chi connectivity index (χ4v) is 3.77. The third-order valence-corrected chi connectivity index (χ3v) is 4.84. The number of carboxylic acids is 1. The van der Waals surface area contributed by atoms with E-state index in [0.29, 0.717) is 13.1 Å². The summed E-state index contributed by atoms with van der Waals surface area (Å²) in [5.74, 6) is -1.44. The van der Waals surface area contributed by atoms with Gasteiger partial charge in [0.1, 0.15) is 0 Å². The van der Waals surface area contributed by atoms with Gasteiger partial charge >= 0.3 is 5.97 Å². The lowest BCUT2D eigenvalue weighted by Crippen LogP contribution is -2.36. The summed E-state index contributed by atoms with van der Waals surface area (Å²) in [5.41, 5.74) is 0.0830. The van der Waals surface area contributed by atoms with Crippen molar-refractivity contribution in [3.05, 3.63) is 0 Å². The average Bonchev–Trinajstić information content (AvgIpc) is 3.05. The Morgan fingerprint density at radius 1 is 1.37 bits per heavy atom. The molecule has 2 heterocycles. The average molecular weight is 267 g/mol. The van der Waals surface area contributed by atoms with Crippen LogP contribution < -0.4 is 0 Å². The van der Waals surface area contributed by atoms with Gasteiger partial charge in [0, 0.05) is 19.5 Å². The number of likely N-dealkylation sites (tertiary alicyclic amines) is 1. The van der Waals surface area contributed by atoms with E-state index < -0.39 is 11.9 Å². The molecular weight excluding hydrogens is 246 g/mol. The molecule has 2 atom stereocenters. The van der Waals surface area contributed by atoms with Crippen LogP contribution in [0.5, 0.6) is 0 Å². The van der Waals surface area contributed by atoms with E-state index in [9.17, 15) is 9.59 Å². The molecule has 2 unspecified atom stereocenters. The molecule has 3 aliphatic rings. The Bertz CT molecular complexity index is 389. The van der Waals surface area contributed by atoms with Gasteiger partial charge in [-0.05, 0) is 25.7 Å². The second kappa shape index (κ2) is 4.78. The van der Waals surface area contributed by atoms with Crippen molar-refractivity contribution in [1.29, 1.82) is 0 Å². The normalized spacial score (nSPS) is 33.5. The van der Waals surface area contributed by atoms with E-state index in [1.807, 2.05) is 0 Å². The fourth-order valence-electron chi connectivity index (χ4n) is 3.77. The molecule has 0 aromatic carbocycles. The Hall–Kier alpha value is -1.10. The summed E-state index contributed by atoms with van der Waals surface area (Å²) in [6.07, 6.45) is 7.14. The minimum atomic E-state index is -0.865. The summed E-state index contributed by atoms with van der Waals surface area (Å²) < 4.78 is 6.17. The van der Waals surface area contributed by atoms with Gasteiger partial charge in [-0.1, -0.05) is 12.8 Å². The number of carbonyl (C=O) groups excluding carboxylic acids is 1. The van der Waals surface area contributed by atoms with E-state index in [4.69, 9.17) is 9.84 Å². The second-order valence-corrected chi connectivity index (χ2v) is 6.21. The fraction of sp³-hybridized carbons (Fsp3) is 0.857. The molecule has 1 amide bonds.